The molecule has 2 aromatic carbocycles. The number of amides is 2. The second-order valence-corrected chi connectivity index (χ2v) is 10.8. The van der Waals surface area contributed by atoms with Gasteiger partial charge in [-0.15, -0.1) is 0 Å². The molecule has 5 rings (SSSR count). The van der Waals surface area contributed by atoms with E-state index < -0.39 is 23.9 Å². The average Bonchev–Trinajstić information content (AvgIpc) is 3.27. The van der Waals surface area contributed by atoms with Crippen LogP contribution in [0, 0.1) is 5.82 Å². The zero-order valence-electron chi connectivity index (χ0n) is 23.4. The number of fused-ring (bicyclic) bond motifs is 1. The highest BCUT2D eigenvalue weighted by Crippen LogP contribution is 2.32. The molecule has 1 fully saturated rings. The van der Waals surface area contributed by atoms with Crippen molar-refractivity contribution in [1.29, 1.82) is 0 Å². The number of halogens is 2. The van der Waals surface area contributed by atoms with Crippen LogP contribution in [0.3, 0.4) is 0 Å². The molecule has 222 valence electrons. The number of carbonyl (C=O) groups is 2. The molecule has 2 aliphatic heterocycles. The summed E-state index contributed by atoms with van der Waals surface area (Å²) >= 11 is 6.45. The van der Waals surface area contributed by atoms with Crippen LogP contribution in [0.5, 0.6) is 5.75 Å². The maximum atomic E-state index is 14.2. The molecule has 1 aromatic heterocycles. The van der Waals surface area contributed by atoms with Gasteiger partial charge in [0.1, 0.15) is 18.1 Å². The van der Waals surface area contributed by atoms with Crippen LogP contribution in [0.15, 0.2) is 42.6 Å². The number of hydrogen-bond acceptors (Lipinski definition) is 8. The Labute approximate surface area is 248 Å². The number of anilines is 1. The molecule has 10 nitrogen and oxygen atoms in total. The molecule has 2 amide bonds. The minimum Gasteiger partial charge on any atom is -0.494 e. The highest BCUT2D eigenvalue weighted by atomic mass is 35.5. The molecule has 0 bridgehead atoms. The molecular weight excluding hydrogens is 565 g/mol. The maximum absolute atomic E-state index is 14.2. The Morgan fingerprint density at radius 3 is 2.79 bits per heavy atom. The van der Waals surface area contributed by atoms with Gasteiger partial charge in [-0.05, 0) is 56.0 Å². The number of nitrogens with one attached hydrogen (secondary N) is 2. The van der Waals surface area contributed by atoms with Gasteiger partial charge in [0.15, 0.2) is 0 Å². The first-order valence-electron chi connectivity index (χ1n) is 13.9. The number of aliphatic hydroxyl groups is 1. The van der Waals surface area contributed by atoms with Crippen molar-refractivity contribution in [3.63, 3.8) is 0 Å². The summed E-state index contributed by atoms with van der Waals surface area (Å²) in [6.07, 6.45) is 2.22. The summed E-state index contributed by atoms with van der Waals surface area (Å²) in [4.78, 5) is 36.7. The fourth-order valence-corrected chi connectivity index (χ4v) is 5.39. The fraction of sp³-hybridized carbons (Fsp3) is 0.400. The zero-order valence-corrected chi connectivity index (χ0v) is 24.2. The van der Waals surface area contributed by atoms with Crippen LogP contribution in [-0.2, 0) is 16.1 Å². The Bertz CT molecular complexity index is 1470. The van der Waals surface area contributed by atoms with Crippen LogP contribution < -0.4 is 15.4 Å². The molecule has 0 unspecified atom stereocenters. The van der Waals surface area contributed by atoms with Gasteiger partial charge in [-0.2, -0.15) is 0 Å². The summed E-state index contributed by atoms with van der Waals surface area (Å²) in [6, 6.07) is 8.74. The van der Waals surface area contributed by atoms with Gasteiger partial charge in [0.05, 0.1) is 35.7 Å². The first-order valence-corrected chi connectivity index (χ1v) is 14.3. The van der Waals surface area contributed by atoms with E-state index in [1.165, 1.54) is 30.2 Å². The Kier molecular flexibility index (Phi) is 9.20. The minimum absolute atomic E-state index is 0.204. The van der Waals surface area contributed by atoms with E-state index in [1.54, 1.807) is 19.1 Å². The molecule has 12 heteroatoms. The highest BCUT2D eigenvalue weighted by molar-refractivity contribution is 6.33. The lowest BCUT2D eigenvalue weighted by Crippen LogP contribution is -2.41. The zero-order chi connectivity index (χ0) is 29.8. The molecule has 2 aliphatic rings. The summed E-state index contributed by atoms with van der Waals surface area (Å²) in [6.45, 7) is 4.97. The van der Waals surface area contributed by atoms with Gasteiger partial charge in [-0.3, -0.25) is 9.59 Å². The van der Waals surface area contributed by atoms with Gasteiger partial charge >= 0.3 is 0 Å². The lowest BCUT2D eigenvalue weighted by atomic mass is 10.0. The molecule has 3 aromatic rings. The van der Waals surface area contributed by atoms with E-state index in [2.05, 4.69) is 20.6 Å². The molecule has 0 radical (unpaired) electrons. The molecule has 42 heavy (non-hydrogen) atoms. The molecular formula is C30H33ClFN5O5. The van der Waals surface area contributed by atoms with E-state index in [1.807, 2.05) is 12.1 Å². The van der Waals surface area contributed by atoms with Gasteiger partial charge in [0.25, 0.3) is 5.91 Å². The van der Waals surface area contributed by atoms with Crippen LogP contribution >= 0.6 is 11.6 Å². The summed E-state index contributed by atoms with van der Waals surface area (Å²) in [5.41, 5.74) is 2.72. The van der Waals surface area contributed by atoms with E-state index in [4.69, 9.17) is 21.1 Å². The van der Waals surface area contributed by atoms with Gasteiger partial charge in [0.2, 0.25) is 11.9 Å². The summed E-state index contributed by atoms with van der Waals surface area (Å²) in [5.74, 6) is -0.612. The largest absolute Gasteiger partial charge is 0.494 e. The summed E-state index contributed by atoms with van der Waals surface area (Å²) in [5, 5.41) is 16.8. The van der Waals surface area contributed by atoms with E-state index in [-0.39, 0.29) is 25.0 Å². The minimum atomic E-state index is -1.03. The Morgan fingerprint density at radius 1 is 1.26 bits per heavy atom. The number of ether oxygens (including phenoxy) is 2. The second kappa shape index (κ2) is 13.0. The number of aliphatic hydroxyl groups excluding tert-OH is 1. The number of rotatable bonds is 10. The standard InChI is InChI=1S/C30H33ClFN5O5/c1-3-42-23-11-20(10-21(32)13-23)27(17(2)38)35-26(39)16-37-15-19-5-4-18(12-24(19)29(37)40)28-25(31)14-33-30(36-28)34-22-6-8-41-9-7-22/h4-5,10-14,17,22,27,38H,3,6-9,15-16H2,1-2H3,(H,35,39)(H,33,34,36)/t17-,27+/m0/s1. The van der Waals surface area contributed by atoms with E-state index >= 15 is 0 Å². The van der Waals surface area contributed by atoms with Crippen molar-refractivity contribution in [1.82, 2.24) is 20.2 Å². The van der Waals surface area contributed by atoms with Crippen LogP contribution in [0.25, 0.3) is 11.3 Å². The lowest BCUT2D eigenvalue weighted by molar-refractivity contribution is -0.123. The Hall–Kier alpha value is -3.80. The van der Waals surface area contributed by atoms with Crippen molar-refractivity contribution in [3.8, 4) is 17.0 Å². The SMILES string of the molecule is CCOc1cc(F)cc([C@H](NC(=O)CN2Cc3ccc(-c4nc(NC5CCOCC5)ncc4Cl)cc3C2=O)[C@H](C)O)c1. The van der Waals surface area contributed by atoms with E-state index in [0.29, 0.717) is 58.9 Å². The van der Waals surface area contributed by atoms with Gasteiger partial charge in [-0.1, -0.05) is 23.7 Å². The van der Waals surface area contributed by atoms with Gasteiger partial charge < -0.3 is 30.1 Å². The van der Waals surface area contributed by atoms with Crippen molar-refractivity contribution < 1.29 is 28.6 Å². The van der Waals surface area contributed by atoms with Crippen LogP contribution in [0.2, 0.25) is 5.02 Å². The van der Waals surface area contributed by atoms with Gasteiger partial charge in [-0.25, -0.2) is 14.4 Å². The molecule has 2 atom stereocenters. The predicted molar refractivity (Wildman–Crippen MR) is 155 cm³/mol. The quantitative estimate of drug-likeness (QED) is 0.319. The number of hydrogen-bond donors (Lipinski definition) is 3. The van der Waals surface area contributed by atoms with Crippen LogP contribution in [0.4, 0.5) is 10.3 Å². The molecule has 0 spiro atoms. The maximum Gasteiger partial charge on any atom is 0.254 e. The topological polar surface area (TPSA) is 126 Å². The van der Waals surface area contributed by atoms with Crippen LogP contribution in [-0.4, -0.2) is 70.3 Å². The van der Waals surface area contributed by atoms with Crippen molar-refractivity contribution in [2.24, 2.45) is 0 Å². The third-order valence-electron chi connectivity index (χ3n) is 7.26. The predicted octanol–water partition coefficient (Wildman–Crippen LogP) is 4.12. The van der Waals surface area contributed by atoms with Crippen LogP contribution in [0.1, 0.15) is 54.2 Å². The number of nitrogens with zero attached hydrogens (tertiary/aromatic N) is 3. The molecule has 0 aliphatic carbocycles. The smallest absolute Gasteiger partial charge is 0.254 e. The molecule has 0 saturated carbocycles. The Morgan fingerprint density at radius 2 is 2.05 bits per heavy atom. The molecule has 3 N–H and O–H groups in total. The lowest BCUT2D eigenvalue weighted by Gasteiger charge is -2.24. The molecule has 1 saturated heterocycles. The molecule has 3 heterocycles. The first-order chi connectivity index (χ1) is 20.2. The Balaban J connectivity index is 1.28. The average molecular weight is 598 g/mol. The van der Waals surface area contributed by atoms with E-state index in [9.17, 15) is 19.1 Å². The normalized spacial score (nSPS) is 16.6. The fourth-order valence-electron chi connectivity index (χ4n) is 5.19. The summed E-state index contributed by atoms with van der Waals surface area (Å²) in [7, 11) is 0. The third kappa shape index (κ3) is 6.80. The highest BCUT2D eigenvalue weighted by Gasteiger charge is 2.31. The first kappa shape index (κ1) is 29.7. The second-order valence-electron chi connectivity index (χ2n) is 10.4. The number of aromatic nitrogens is 2. The van der Waals surface area contributed by atoms with E-state index in [0.717, 1.165) is 18.4 Å². The van der Waals surface area contributed by atoms with Crippen molar-refractivity contribution in [2.75, 3.05) is 31.7 Å². The van der Waals surface area contributed by atoms with Crippen molar-refractivity contribution in [3.05, 3.63) is 70.1 Å². The van der Waals surface area contributed by atoms with Crippen molar-refractivity contribution >= 4 is 29.4 Å². The van der Waals surface area contributed by atoms with Crippen molar-refractivity contribution in [2.45, 2.75) is 51.4 Å². The monoisotopic (exact) mass is 597 g/mol. The third-order valence-corrected chi connectivity index (χ3v) is 7.53. The number of carbonyl (C=O) groups excluding carboxylic acids is 2. The number of benzene rings is 2. The van der Waals surface area contributed by atoms with Gasteiger partial charge in [0, 0.05) is 43.0 Å². The summed E-state index contributed by atoms with van der Waals surface area (Å²) < 4.78 is 25.0.